The smallest absolute Gasteiger partial charge is 0.416 e. The molecule has 3 fully saturated rings. The minimum Gasteiger partial charge on any atom is -0.470 e. The first-order valence-corrected chi connectivity index (χ1v) is 20.8. The van der Waals surface area contributed by atoms with Gasteiger partial charge in [-0.3, -0.25) is 19.1 Å². The highest BCUT2D eigenvalue weighted by Crippen LogP contribution is 2.46. The highest BCUT2D eigenvalue weighted by molar-refractivity contribution is 7.91. The number of para-hydroxylation sites is 1. The third-order valence-corrected chi connectivity index (χ3v) is 12.8. The van der Waals surface area contributed by atoms with Crippen LogP contribution in [0.5, 0.6) is 5.88 Å². The lowest BCUT2D eigenvalue weighted by Gasteiger charge is -2.36. The van der Waals surface area contributed by atoms with Gasteiger partial charge in [0.05, 0.1) is 35.4 Å². The van der Waals surface area contributed by atoms with Crippen LogP contribution in [0.4, 0.5) is 18.9 Å². The number of amides is 3. The molecule has 2 saturated carbocycles. The van der Waals surface area contributed by atoms with E-state index in [1.165, 1.54) is 41.8 Å². The Balaban J connectivity index is 1.15. The Morgan fingerprint density at radius 3 is 2.37 bits per heavy atom. The molecule has 3 amide bonds. The van der Waals surface area contributed by atoms with Crippen LogP contribution in [0.1, 0.15) is 52.0 Å². The Labute approximate surface area is 342 Å². The molecule has 314 valence electrons. The van der Waals surface area contributed by atoms with Crippen molar-refractivity contribution >= 4 is 55.5 Å². The molecule has 5 atom stereocenters. The first-order valence-electron chi connectivity index (χ1n) is 19.2. The van der Waals surface area contributed by atoms with E-state index in [1.807, 2.05) is 20.8 Å². The van der Waals surface area contributed by atoms with Gasteiger partial charge in [-0.2, -0.15) is 18.2 Å². The van der Waals surface area contributed by atoms with Gasteiger partial charge in [-0.1, -0.05) is 51.1 Å². The molecule has 0 radical (unpaired) electrons. The van der Waals surface area contributed by atoms with E-state index >= 15 is 0 Å². The normalized spacial score (nSPS) is 22.3. The van der Waals surface area contributed by atoms with Crippen LogP contribution in [0.3, 0.4) is 0 Å². The van der Waals surface area contributed by atoms with Crippen molar-refractivity contribution in [2.75, 3.05) is 11.9 Å². The van der Waals surface area contributed by atoms with Gasteiger partial charge in [0, 0.05) is 23.3 Å². The number of nitrogens with one attached hydrogen (secondary N) is 3. The van der Waals surface area contributed by atoms with E-state index < -0.39 is 79.8 Å². The fourth-order valence-electron chi connectivity index (χ4n) is 7.49. The molecule has 3 N–H and O–H groups in total. The predicted molar refractivity (Wildman–Crippen MR) is 212 cm³/mol. The van der Waals surface area contributed by atoms with Crippen LogP contribution in [0.2, 0.25) is 0 Å². The first kappa shape index (κ1) is 40.7. The molecule has 3 aromatic heterocycles. The number of halogens is 3. The summed E-state index contributed by atoms with van der Waals surface area (Å²) in [6, 6.07) is 9.17. The molecule has 2 aromatic carbocycles. The van der Waals surface area contributed by atoms with Gasteiger partial charge in [0.2, 0.25) is 27.4 Å². The SMILES string of the molecule is C=C[C@@H]1C[C@]1(NC(=O)[C@@H]1C[C@@H](Oc2nc(-c3ccc(C(F)(F)F)cc3)nc3c2oc2ccccc23)CN1C(=O)[C@@H](Nc1cncnc1)C(C)(C)C)C(=O)NS(=O)(=O)C1CC1. The second-order valence-corrected chi connectivity index (χ2v) is 18.4. The van der Waals surface area contributed by atoms with Crippen LogP contribution in [0, 0.1) is 11.3 Å². The largest absolute Gasteiger partial charge is 0.470 e. The number of furan rings is 1. The van der Waals surface area contributed by atoms with Gasteiger partial charge >= 0.3 is 6.18 Å². The third kappa shape index (κ3) is 7.84. The number of nitrogens with zero attached hydrogens (tertiary/aromatic N) is 5. The molecule has 2 aliphatic carbocycles. The summed E-state index contributed by atoms with van der Waals surface area (Å²) >= 11 is 0. The molecule has 4 heterocycles. The lowest BCUT2D eigenvalue weighted by atomic mass is 9.85. The summed E-state index contributed by atoms with van der Waals surface area (Å²) < 4.78 is 80.7. The zero-order valence-corrected chi connectivity index (χ0v) is 33.5. The van der Waals surface area contributed by atoms with Crippen molar-refractivity contribution in [1.29, 1.82) is 0 Å². The second-order valence-electron chi connectivity index (χ2n) is 16.4. The van der Waals surface area contributed by atoms with Gasteiger partial charge < -0.3 is 24.7 Å². The first-order chi connectivity index (χ1) is 28.4. The summed E-state index contributed by atoms with van der Waals surface area (Å²) in [5.41, 5.74) is -1.61. The molecule has 8 rings (SSSR count). The summed E-state index contributed by atoms with van der Waals surface area (Å²) in [5, 5.41) is 5.88. The molecule has 0 spiro atoms. The summed E-state index contributed by atoms with van der Waals surface area (Å²) in [6.07, 6.45) is 1.15. The maximum absolute atomic E-state index is 14.8. The van der Waals surface area contributed by atoms with Crippen LogP contribution in [-0.2, 0) is 30.6 Å². The third-order valence-electron chi connectivity index (χ3n) is 11.0. The van der Waals surface area contributed by atoms with Crippen LogP contribution < -0.4 is 20.1 Å². The molecule has 1 saturated heterocycles. The minimum atomic E-state index is -4.56. The van der Waals surface area contributed by atoms with Crippen molar-refractivity contribution in [1.82, 2.24) is 34.9 Å². The maximum atomic E-state index is 14.8. The molecule has 0 bridgehead atoms. The maximum Gasteiger partial charge on any atom is 0.416 e. The molecular weight excluding hydrogens is 806 g/mol. The number of anilines is 1. The Kier molecular flexibility index (Phi) is 10.1. The molecule has 1 aliphatic heterocycles. The summed E-state index contributed by atoms with van der Waals surface area (Å²) in [6.45, 7) is 9.13. The lowest BCUT2D eigenvalue weighted by Crippen LogP contribution is -2.58. The van der Waals surface area contributed by atoms with Crippen molar-refractivity contribution in [3.8, 4) is 17.3 Å². The van der Waals surface area contributed by atoms with Gasteiger partial charge in [0.1, 0.15) is 41.2 Å². The second kappa shape index (κ2) is 14.9. The number of likely N-dealkylation sites (tertiary alicyclic amines) is 1. The van der Waals surface area contributed by atoms with Crippen LogP contribution in [0.15, 0.2) is 84.3 Å². The zero-order valence-electron chi connectivity index (χ0n) is 32.7. The van der Waals surface area contributed by atoms with Gasteiger partial charge in [0.25, 0.3) is 11.8 Å². The van der Waals surface area contributed by atoms with Crippen molar-refractivity contribution in [3.05, 3.63) is 85.5 Å². The number of benzene rings is 2. The quantitative estimate of drug-likeness (QED) is 0.136. The zero-order chi connectivity index (χ0) is 42.8. The Hall–Kier alpha value is -6.11. The Bertz CT molecular complexity index is 2610. The monoisotopic (exact) mass is 846 g/mol. The van der Waals surface area contributed by atoms with Gasteiger partial charge in [-0.05, 0) is 48.9 Å². The number of sulfonamides is 1. The van der Waals surface area contributed by atoms with Crippen molar-refractivity contribution in [2.24, 2.45) is 11.3 Å². The van der Waals surface area contributed by atoms with E-state index in [0.29, 0.717) is 35.0 Å². The lowest BCUT2D eigenvalue weighted by molar-refractivity contribution is -0.141. The number of carbonyl (C=O) groups is 3. The highest BCUT2D eigenvalue weighted by Gasteiger charge is 2.62. The van der Waals surface area contributed by atoms with Crippen molar-refractivity contribution < 1.29 is 45.1 Å². The van der Waals surface area contributed by atoms with Crippen LogP contribution in [-0.4, -0.2) is 86.5 Å². The van der Waals surface area contributed by atoms with Gasteiger partial charge in [-0.25, -0.2) is 23.4 Å². The number of ether oxygens (including phenoxy) is 1. The standard InChI is InChI=1S/C41H41F3N8O7S/c1-5-23-17-40(23,38(55)51-60(56,57)27-14-15-27)50-35(53)29-16-26(20-52(29)37(54)33(39(2,3)4)47-25-18-45-21-46-19-25)58-36-32-31(28-8-6-7-9-30(28)59-32)48-34(49-36)22-10-12-24(13-11-22)41(42,43)44/h5-13,18-19,21,23,26-27,29,33,47H,1,14-17,20H2,2-4H3,(H,50,53)(H,51,55)/t23-,26-,29+,33-,40-/m1/s1. The molecule has 15 nitrogen and oxygen atoms in total. The number of alkyl halides is 3. The summed E-state index contributed by atoms with van der Waals surface area (Å²) in [5.74, 6) is -2.73. The summed E-state index contributed by atoms with van der Waals surface area (Å²) in [7, 11) is -3.96. The fourth-order valence-corrected chi connectivity index (χ4v) is 8.85. The summed E-state index contributed by atoms with van der Waals surface area (Å²) in [4.78, 5) is 61.6. The number of hydrogen-bond donors (Lipinski definition) is 3. The van der Waals surface area contributed by atoms with E-state index in [1.54, 1.807) is 24.3 Å². The topological polar surface area (TPSA) is 199 Å². The average molecular weight is 847 g/mol. The Morgan fingerprint density at radius 1 is 1.03 bits per heavy atom. The molecule has 60 heavy (non-hydrogen) atoms. The molecular formula is C41H41F3N8O7S. The number of carbonyl (C=O) groups excluding carboxylic acids is 3. The van der Waals surface area contributed by atoms with E-state index in [4.69, 9.17) is 9.15 Å². The van der Waals surface area contributed by atoms with Crippen molar-refractivity contribution in [2.45, 2.75) is 81.6 Å². The van der Waals surface area contributed by atoms with E-state index in [-0.39, 0.29) is 42.2 Å². The average Bonchev–Trinajstić information content (AvgIpc) is 4.11. The van der Waals surface area contributed by atoms with Gasteiger partial charge in [0.15, 0.2) is 5.82 Å². The van der Waals surface area contributed by atoms with E-state index in [9.17, 15) is 36.0 Å². The molecule has 5 aromatic rings. The van der Waals surface area contributed by atoms with E-state index in [0.717, 1.165) is 12.1 Å². The molecule has 19 heteroatoms. The Morgan fingerprint density at radius 2 is 1.73 bits per heavy atom. The number of hydrogen-bond acceptors (Lipinski definition) is 12. The predicted octanol–water partition coefficient (Wildman–Crippen LogP) is 5.40. The number of rotatable bonds is 12. The molecule has 3 aliphatic rings. The van der Waals surface area contributed by atoms with Crippen molar-refractivity contribution in [3.63, 3.8) is 0 Å². The van der Waals surface area contributed by atoms with E-state index in [2.05, 4.69) is 41.9 Å². The highest BCUT2D eigenvalue weighted by atomic mass is 32.2. The van der Waals surface area contributed by atoms with Crippen LogP contribution >= 0.6 is 0 Å². The molecule has 0 unspecified atom stereocenters. The fraction of sp³-hybridized carbons (Fsp3) is 0.390. The number of aromatic nitrogens is 4. The van der Waals surface area contributed by atoms with Crippen LogP contribution in [0.25, 0.3) is 33.5 Å². The minimum absolute atomic E-state index is 0.0402. The number of fused-ring (bicyclic) bond motifs is 3. The van der Waals surface area contributed by atoms with Gasteiger partial charge in [-0.15, -0.1) is 6.58 Å².